The predicted molar refractivity (Wildman–Crippen MR) is 144 cm³/mol. The lowest BCUT2D eigenvalue weighted by atomic mass is 9.77. The molecule has 0 bridgehead atoms. The molecule has 1 fully saturated rings. The van der Waals surface area contributed by atoms with Gasteiger partial charge in [0.05, 0.1) is 11.8 Å². The summed E-state index contributed by atoms with van der Waals surface area (Å²) in [7, 11) is 0. The van der Waals surface area contributed by atoms with E-state index < -0.39 is 0 Å². The van der Waals surface area contributed by atoms with Crippen molar-refractivity contribution in [1.29, 1.82) is 0 Å². The molecule has 2 atom stereocenters. The van der Waals surface area contributed by atoms with Gasteiger partial charge in [-0.3, -0.25) is 4.79 Å². The molecule has 1 heterocycles. The van der Waals surface area contributed by atoms with Gasteiger partial charge in [0, 0.05) is 24.9 Å². The lowest BCUT2D eigenvalue weighted by molar-refractivity contribution is 0.0681. The number of hydrogen-bond acceptors (Lipinski definition) is 2. The van der Waals surface area contributed by atoms with Crippen LogP contribution in [0.3, 0.4) is 0 Å². The van der Waals surface area contributed by atoms with Crippen molar-refractivity contribution in [3.63, 3.8) is 0 Å². The molecule has 3 aromatic carbocycles. The zero-order valence-electron chi connectivity index (χ0n) is 17.7. The van der Waals surface area contributed by atoms with Crippen LogP contribution in [-0.4, -0.2) is 16.6 Å². The normalized spacial score (nSPS) is 21.1. The van der Waals surface area contributed by atoms with Crippen LogP contribution in [0.2, 0.25) is 0 Å². The van der Waals surface area contributed by atoms with E-state index in [0.29, 0.717) is 5.56 Å². The average Bonchev–Trinajstić information content (AvgIpc) is 3.22. The number of allylic oxidation sites excluding steroid dienone is 1. The van der Waals surface area contributed by atoms with Gasteiger partial charge < -0.3 is 0 Å². The highest BCUT2D eigenvalue weighted by Gasteiger charge is 2.43. The fourth-order valence-corrected chi connectivity index (χ4v) is 5.44. The number of hydrazone groups is 1. The van der Waals surface area contributed by atoms with Gasteiger partial charge in [0.15, 0.2) is 0 Å². The molecule has 1 aliphatic carbocycles. The van der Waals surface area contributed by atoms with Crippen LogP contribution in [0.4, 0.5) is 0 Å². The van der Waals surface area contributed by atoms with E-state index in [1.165, 1.54) is 5.57 Å². The molecule has 2 unspecified atom stereocenters. The summed E-state index contributed by atoms with van der Waals surface area (Å²) in [5, 5.41) is 6.70. The number of hydrogen-bond donors (Lipinski definition) is 0. The summed E-state index contributed by atoms with van der Waals surface area (Å²) in [6.07, 6.45) is 5.29. The Bertz CT molecular complexity index is 1230. The molecule has 166 valence electrons. The second kappa shape index (κ2) is 9.69. The molecule has 0 aromatic heterocycles. The van der Waals surface area contributed by atoms with Gasteiger partial charge in [-0.25, -0.2) is 5.01 Å². The molecule has 33 heavy (non-hydrogen) atoms. The van der Waals surface area contributed by atoms with Crippen molar-refractivity contribution >= 4 is 65.5 Å². The van der Waals surface area contributed by atoms with Crippen LogP contribution in [-0.2, 0) is 0 Å². The Morgan fingerprint density at radius 2 is 1.42 bits per heavy atom. The lowest BCUT2D eigenvalue weighted by Crippen LogP contribution is -2.31. The Balaban J connectivity index is 1.57. The van der Waals surface area contributed by atoms with E-state index in [1.807, 2.05) is 36.4 Å². The summed E-state index contributed by atoms with van der Waals surface area (Å²) in [6.45, 7) is 0. The van der Waals surface area contributed by atoms with Crippen molar-refractivity contribution in [3.05, 3.63) is 108 Å². The molecule has 0 spiro atoms. The van der Waals surface area contributed by atoms with Crippen molar-refractivity contribution in [2.75, 3.05) is 0 Å². The minimum Gasteiger partial charge on any atom is -0.267 e. The first-order valence-corrected chi connectivity index (χ1v) is 13.3. The zero-order chi connectivity index (χ0) is 22.9. The van der Waals surface area contributed by atoms with Gasteiger partial charge in [0.1, 0.15) is 0 Å². The Morgan fingerprint density at radius 3 is 2.06 bits per heavy atom. The van der Waals surface area contributed by atoms with Crippen LogP contribution in [0.25, 0.3) is 6.08 Å². The van der Waals surface area contributed by atoms with Crippen LogP contribution >= 0.6 is 47.8 Å². The third kappa shape index (κ3) is 4.79. The van der Waals surface area contributed by atoms with Gasteiger partial charge in [0.25, 0.3) is 5.91 Å². The van der Waals surface area contributed by atoms with E-state index in [-0.39, 0.29) is 17.9 Å². The van der Waals surface area contributed by atoms with E-state index in [1.54, 1.807) is 5.01 Å². The van der Waals surface area contributed by atoms with Gasteiger partial charge in [-0.05, 0) is 90.6 Å². The fourth-order valence-electron chi connectivity index (χ4n) is 4.65. The number of fused-ring (bicyclic) bond motifs is 1. The summed E-state index contributed by atoms with van der Waals surface area (Å²) in [6, 6.07) is 24.0. The third-order valence-corrected chi connectivity index (χ3v) is 7.81. The molecule has 6 heteroatoms. The van der Waals surface area contributed by atoms with E-state index in [0.717, 1.165) is 49.5 Å². The summed E-state index contributed by atoms with van der Waals surface area (Å²) in [5.74, 6) is 0.112. The number of halogens is 3. The molecular weight excluding hydrogens is 608 g/mol. The molecule has 1 saturated carbocycles. The Morgan fingerprint density at radius 1 is 0.848 bits per heavy atom. The molecule has 1 amide bonds. The second-order valence-electron chi connectivity index (χ2n) is 8.36. The Labute approximate surface area is 219 Å². The molecule has 3 nitrogen and oxygen atoms in total. The first-order valence-electron chi connectivity index (χ1n) is 10.9. The van der Waals surface area contributed by atoms with Gasteiger partial charge >= 0.3 is 0 Å². The minimum absolute atomic E-state index is 0.0692. The SMILES string of the molecule is O=C(c1ccc(Br)cc1)N1N=C2/C(=C/c3ccc(Br)cc3)CCCC2C1c1ccc(Br)cc1. The monoisotopic (exact) mass is 626 g/mol. The topological polar surface area (TPSA) is 32.7 Å². The summed E-state index contributed by atoms with van der Waals surface area (Å²) in [4.78, 5) is 13.6. The fraction of sp³-hybridized carbons (Fsp3) is 0.185. The van der Waals surface area contributed by atoms with Crippen LogP contribution in [0.15, 0.2) is 96.9 Å². The van der Waals surface area contributed by atoms with Crippen molar-refractivity contribution in [3.8, 4) is 0 Å². The van der Waals surface area contributed by atoms with E-state index in [4.69, 9.17) is 5.10 Å². The van der Waals surface area contributed by atoms with E-state index in [2.05, 4.69) is 90.3 Å². The largest absolute Gasteiger partial charge is 0.274 e. The van der Waals surface area contributed by atoms with Crippen molar-refractivity contribution in [2.24, 2.45) is 11.0 Å². The quantitative estimate of drug-likeness (QED) is 0.287. The van der Waals surface area contributed by atoms with Gasteiger partial charge in [-0.2, -0.15) is 5.10 Å². The molecule has 2 aliphatic rings. The number of nitrogens with zero attached hydrogens (tertiary/aromatic N) is 2. The molecule has 1 aliphatic heterocycles. The smallest absolute Gasteiger partial charge is 0.267 e. The number of benzene rings is 3. The molecule has 0 saturated heterocycles. The van der Waals surface area contributed by atoms with Crippen LogP contribution in [0, 0.1) is 5.92 Å². The number of carbonyl (C=O) groups is 1. The van der Waals surface area contributed by atoms with Crippen molar-refractivity contribution < 1.29 is 4.79 Å². The molecular formula is C27H21Br3N2O. The number of rotatable bonds is 3. The first kappa shape index (κ1) is 22.8. The van der Waals surface area contributed by atoms with Crippen LogP contribution in [0.5, 0.6) is 0 Å². The molecule has 3 aromatic rings. The van der Waals surface area contributed by atoms with E-state index in [9.17, 15) is 4.79 Å². The van der Waals surface area contributed by atoms with Crippen molar-refractivity contribution in [1.82, 2.24) is 5.01 Å². The highest BCUT2D eigenvalue weighted by atomic mass is 79.9. The predicted octanol–water partition coefficient (Wildman–Crippen LogP) is 8.41. The molecule has 0 N–H and O–H groups in total. The van der Waals surface area contributed by atoms with Gasteiger partial charge in [0.2, 0.25) is 0 Å². The molecule has 0 radical (unpaired) electrons. The van der Waals surface area contributed by atoms with Gasteiger partial charge in [-0.15, -0.1) is 0 Å². The standard InChI is InChI=1S/C27H21Br3N2O/c28-21-10-4-17(5-11-21)16-20-2-1-3-24-25(20)31-32(26(24)18-6-12-22(29)13-7-18)27(33)19-8-14-23(30)15-9-19/h4-16,24,26H,1-3H2/b20-16+. The maximum Gasteiger partial charge on any atom is 0.274 e. The van der Waals surface area contributed by atoms with Crippen molar-refractivity contribution in [2.45, 2.75) is 25.3 Å². The average molecular weight is 629 g/mol. The van der Waals surface area contributed by atoms with Gasteiger partial charge in [-0.1, -0.05) is 72.1 Å². The minimum atomic E-state index is -0.113. The first-order chi connectivity index (χ1) is 16.0. The van der Waals surface area contributed by atoms with Crippen LogP contribution in [0.1, 0.15) is 46.8 Å². The highest BCUT2D eigenvalue weighted by Crippen LogP contribution is 2.45. The Kier molecular flexibility index (Phi) is 6.68. The maximum atomic E-state index is 13.6. The summed E-state index contributed by atoms with van der Waals surface area (Å²) >= 11 is 10.5. The number of carbonyl (C=O) groups excluding carboxylic acids is 1. The summed E-state index contributed by atoms with van der Waals surface area (Å²) < 4.78 is 3.03. The number of amides is 1. The van der Waals surface area contributed by atoms with Crippen LogP contribution < -0.4 is 0 Å². The third-order valence-electron chi connectivity index (χ3n) is 6.22. The lowest BCUT2D eigenvalue weighted by Gasteiger charge is -2.29. The molecule has 5 rings (SSSR count). The highest BCUT2D eigenvalue weighted by molar-refractivity contribution is 9.11. The van der Waals surface area contributed by atoms with E-state index >= 15 is 0 Å². The second-order valence-corrected chi connectivity index (χ2v) is 11.1. The Hall–Kier alpha value is -2.02. The maximum absolute atomic E-state index is 13.6. The summed E-state index contributed by atoms with van der Waals surface area (Å²) in [5.41, 5.74) is 5.16. The zero-order valence-corrected chi connectivity index (χ0v) is 22.5.